The summed E-state index contributed by atoms with van der Waals surface area (Å²) in [6, 6.07) is 8.31. The van der Waals surface area contributed by atoms with E-state index in [0.29, 0.717) is 0 Å². The summed E-state index contributed by atoms with van der Waals surface area (Å²) in [5.74, 6) is 0.958. The van der Waals surface area contributed by atoms with Crippen LogP contribution in [0, 0.1) is 0 Å². The van der Waals surface area contributed by atoms with Crippen LogP contribution in [0.1, 0.15) is 5.56 Å². The van der Waals surface area contributed by atoms with Crippen molar-refractivity contribution in [1.82, 2.24) is 4.98 Å². The molecule has 0 aliphatic carbocycles. The molecule has 15 heavy (non-hydrogen) atoms. The molecule has 0 radical (unpaired) electrons. The molecular formula is C11H15N3S. The van der Waals surface area contributed by atoms with Gasteiger partial charge in [0.05, 0.1) is 0 Å². The molecule has 0 fully saturated rings. The van der Waals surface area contributed by atoms with E-state index in [1.165, 1.54) is 16.5 Å². The lowest BCUT2D eigenvalue weighted by Crippen LogP contribution is -2.26. The fourth-order valence-corrected chi connectivity index (χ4v) is 2.25. The summed E-state index contributed by atoms with van der Waals surface area (Å²) < 4.78 is 0. The highest BCUT2D eigenvalue weighted by atomic mass is 32.2. The molecule has 1 aromatic heterocycles. The van der Waals surface area contributed by atoms with Gasteiger partial charge in [-0.05, 0) is 18.1 Å². The first kappa shape index (κ1) is 10.5. The lowest BCUT2D eigenvalue weighted by atomic mass is 10.1. The predicted octanol–water partition coefficient (Wildman–Crippen LogP) is 1.64. The van der Waals surface area contributed by atoms with Crippen LogP contribution in [0.4, 0.5) is 0 Å². The standard InChI is InChI=1S/C11H15N3S/c12-11(13)15-6-5-8-7-14-10-4-2-1-3-9(8)10/h1-4,7,11,14H,5-6,12-13H2. The number of hydrogen-bond donors (Lipinski definition) is 3. The first-order chi connectivity index (χ1) is 7.27. The second-order valence-electron chi connectivity index (χ2n) is 3.44. The molecule has 1 heterocycles. The number of aryl methyl sites for hydroxylation is 1. The maximum atomic E-state index is 5.48. The number of rotatable bonds is 4. The molecule has 80 valence electrons. The van der Waals surface area contributed by atoms with E-state index in [1.54, 1.807) is 11.8 Å². The zero-order valence-electron chi connectivity index (χ0n) is 8.44. The lowest BCUT2D eigenvalue weighted by molar-refractivity contribution is 0.982. The largest absolute Gasteiger partial charge is 0.361 e. The van der Waals surface area contributed by atoms with E-state index >= 15 is 0 Å². The minimum absolute atomic E-state index is 0.268. The van der Waals surface area contributed by atoms with Crippen LogP contribution in [0.5, 0.6) is 0 Å². The molecule has 0 saturated heterocycles. The summed E-state index contributed by atoms with van der Waals surface area (Å²) in [6.45, 7) is 0. The molecule has 0 amide bonds. The Kier molecular flexibility index (Phi) is 3.30. The molecule has 2 rings (SSSR count). The smallest absolute Gasteiger partial charge is 0.100 e. The average Bonchev–Trinajstić information content (AvgIpc) is 2.62. The van der Waals surface area contributed by atoms with Gasteiger partial charge in [-0.3, -0.25) is 0 Å². The lowest BCUT2D eigenvalue weighted by Gasteiger charge is -2.03. The highest BCUT2D eigenvalue weighted by Gasteiger charge is 2.03. The van der Waals surface area contributed by atoms with E-state index in [2.05, 4.69) is 29.4 Å². The molecule has 0 saturated carbocycles. The van der Waals surface area contributed by atoms with Crippen LogP contribution in [0.15, 0.2) is 30.5 Å². The Morgan fingerprint density at radius 2 is 2.07 bits per heavy atom. The maximum absolute atomic E-state index is 5.48. The molecule has 0 aliphatic heterocycles. The van der Waals surface area contributed by atoms with Crippen molar-refractivity contribution in [2.24, 2.45) is 11.5 Å². The number of benzene rings is 1. The summed E-state index contributed by atoms with van der Waals surface area (Å²) >= 11 is 1.58. The van der Waals surface area contributed by atoms with E-state index in [9.17, 15) is 0 Å². The van der Waals surface area contributed by atoms with Gasteiger partial charge in [0, 0.05) is 22.9 Å². The second kappa shape index (κ2) is 4.70. The van der Waals surface area contributed by atoms with E-state index in [1.807, 2.05) is 6.07 Å². The molecular weight excluding hydrogens is 206 g/mol. The molecule has 3 nitrogen and oxygen atoms in total. The van der Waals surface area contributed by atoms with Crippen LogP contribution in [0.2, 0.25) is 0 Å². The Labute approximate surface area is 93.2 Å². The van der Waals surface area contributed by atoms with Gasteiger partial charge in [0.25, 0.3) is 0 Å². The van der Waals surface area contributed by atoms with Crippen molar-refractivity contribution in [2.45, 2.75) is 11.9 Å². The van der Waals surface area contributed by atoms with Crippen molar-refractivity contribution in [2.75, 3.05) is 5.75 Å². The van der Waals surface area contributed by atoms with Gasteiger partial charge in [0.1, 0.15) is 5.50 Å². The first-order valence-corrected chi connectivity index (χ1v) is 6.00. The van der Waals surface area contributed by atoms with Crippen LogP contribution >= 0.6 is 11.8 Å². The number of nitrogens with two attached hydrogens (primary N) is 2. The number of nitrogens with one attached hydrogen (secondary N) is 1. The number of H-pyrrole nitrogens is 1. The zero-order valence-corrected chi connectivity index (χ0v) is 9.26. The van der Waals surface area contributed by atoms with Crippen molar-refractivity contribution in [1.29, 1.82) is 0 Å². The average molecular weight is 221 g/mol. The van der Waals surface area contributed by atoms with E-state index < -0.39 is 0 Å². The number of thioether (sulfide) groups is 1. The molecule has 0 atom stereocenters. The minimum atomic E-state index is -0.268. The Morgan fingerprint density at radius 1 is 1.27 bits per heavy atom. The third-order valence-corrected chi connectivity index (χ3v) is 3.18. The topological polar surface area (TPSA) is 67.8 Å². The van der Waals surface area contributed by atoms with E-state index in [-0.39, 0.29) is 5.50 Å². The number of aromatic amines is 1. The zero-order chi connectivity index (χ0) is 10.7. The van der Waals surface area contributed by atoms with Crippen molar-refractivity contribution in [3.63, 3.8) is 0 Å². The van der Waals surface area contributed by atoms with Gasteiger partial charge in [-0.1, -0.05) is 18.2 Å². The molecule has 0 unspecified atom stereocenters. The maximum Gasteiger partial charge on any atom is 0.100 e. The number of fused-ring (bicyclic) bond motifs is 1. The number of para-hydroxylation sites is 1. The molecule has 0 aliphatic rings. The van der Waals surface area contributed by atoms with Gasteiger partial charge in [0.2, 0.25) is 0 Å². The van der Waals surface area contributed by atoms with Crippen molar-refractivity contribution in [3.05, 3.63) is 36.0 Å². The van der Waals surface area contributed by atoms with Crippen molar-refractivity contribution >= 4 is 22.7 Å². The normalized spacial score (nSPS) is 11.4. The van der Waals surface area contributed by atoms with Gasteiger partial charge < -0.3 is 16.5 Å². The molecule has 4 heteroatoms. The van der Waals surface area contributed by atoms with E-state index in [0.717, 1.165) is 12.2 Å². The Morgan fingerprint density at radius 3 is 2.87 bits per heavy atom. The van der Waals surface area contributed by atoms with Gasteiger partial charge in [-0.15, -0.1) is 11.8 Å². The van der Waals surface area contributed by atoms with Crippen molar-refractivity contribution in [3.8, 4) is 0 Å². The van der Waals surface area contributed by atoms with Gasteiger partial charge in [0.15, 0.2) is 0 Å². The number of hydrogen-bond acceptors (Lipinski definition) is 3. The number of aromatic nitrogens is 1. The molecule has 0 spiro atoms. The van der Waals surface area contributed by atoms with Crippen LogP contribution in [0.25, 0.3) is 10.9 Å². The fourth-order valence-electron chi connectivity index (χ4n) is 1.64. The van der Waals surface area contributed by atoms with Crippen LogP contribution in [-0.2, 0) is 6.42 Å². The van der Waals surface area contributed by atoms with Crippen LogP contribution in [-0.4, -0.2) is 16.2 Å². The molecule has 5 N–H and O–H groups in total. The summed E-state index contributed by atoms with van der Waals surface area (Å²) in [6.07, 6.45) is 3.06. The third kappa shape index (κ3) is 2.53. The van der Waals surface area contributed by atoms with Gasteiger partial charge in [-0.2, -0.15) is 0 Å². The summed E-state index contributed by atoms with van der Waals surface area (Å²) in [5, 5.41) is 1.30. The van der Waals surface area contributed by atoms with Crippen LogP contribution in [0.3, 0.4) is 0 Å². The van der Waals surface area contributed by atoms with Gasteiger partial charge in [-0.25, -0.2) is 0 Å². The highest BCUT2D eigenvalue weighted by molar-refractivity contribution is 7.99. The summed E-state index contributed by atoms with van der Waals surface area (Å²) in [7, 11) is 0. The SMILES string of the molecule is NC(N)SCCc1c[nH]c2ccccc12. The minimum Gasteiger partial charge on any atom is -0.361 e. The van der Waals surface area contributed by atoms with Gasteiger partial charge >= 0.3 is 0 Å². The Balaban J connectivity index is 2.08. The molecule has 1 aromatic carbocycles. The fraction of sp³-hybridized carbons (Fsp3) is 0.273. The van der Waals surface area contributed by atoms with Crippen molar-refractivity contribution < 1.29 is 0 Å². The highest BCUT2D eigenvalue weighted by Crippen LogP contribution is 2.19. The van der Waals surface area contributed by atoms with Crippen LogP contribution < -0.4 is 11.5 Å². The second-order valence-corrected chi connectivity index (χ2v) is 4.73. The molecule has 0 bridgehead atoms. The third-order valence-electron chi connectivity index (χ3n) is 2.36. The predicted molar refractivity (Wildman–Crippen MR) is 66.6 cm³/mol. The Hall–Kier alpha value is -0.970. The summed E-state index contributed by atoms with van der Waals surface area (Å²) in [5.41, 5.74) is 13.2. The molecule has 2 aromatic rings. The monoisotopic (exact) mass is 221 g/mol. The summed E-state index contributed by atoms with van der Waals surface area (Å²) in [4.78, 5) is 3.25. The Bertz CT molecular complexity index is 436. The quantitative estimate of drug-likeness (QED) is 0.688. The van der Waals surface area contributed by atoms with E-state index in [4.69, 9.17) is 11.5 Å². The first-order valence-electron chi connectivity index (χ1n) is 4.95.